The Morgan fingerprint density at radius 1 is 1.21 bits per heavy atom. The molecule has 1 aromatic heterocycles. The largest absolute Gasteiger partial charge is 0.487 e. The van der Waals surface area contributed by atoms with E-state index < -0.39 is 11.0 Å². The number of carbonyl (C=O) groups excluding carboxylic acids is 1. The minimum absolute atomic E-state index is 0.0208. The summed E-state index contributed by atoms with van der Waals surface area (Å²) >= 11 is 5.13. The zero-order chi connectivity index (χ0) is 29.1. The molecule has 42 heavy (non-hydrogen) atoms. The molecule has 1 spiro atoms. The van der Waals surface area contributed by atoms with Gasteiger partial charge in [0.1, 0.15) is 11.9 Å². The Bertz CT molecular complexity index is 1500. The number of benzene rings is 2. The number of ether oxygens (including phenoxy) is 1. The van der Waals surface area contributed by atoms with Crippen LogP contribution in [0.25, 0.3) is 6.08 Å². The van der Waals surface area contributed by atoms with Crippen molar-refractivity contribution in [3.05, 3.63) is 92.1 Å². The second-order valence-electron chi connectivity index (χ2n) is 13.0. The summed E-state index contributed by atoms with van der Waals surface area (Å²) in [6.07, 6.45) is 7.42. The molecule has 0 radical (unpaired) electrons. The van der Waals surface area contributed by atoms with Gasteiger partial charge in [0.05, 0.1) is 17.1 Å². The number of thiophene rings is 1. The van der Waals surface area contributed by atoms with Gasteiger partial charge < -0.3 is 14.7 Å². The van der Waals surface area contributed by atoms with Crippen LogP contribution in [0.3, 0.4) is 0 Å². The number of nitrogens with zero attached hydrogens (tertiary/aromatic N) is 2. The quantitative estimate of drug-likeness (QED) is 0.285. The molecule has 3 heterocycles. The van der Waals surface area contributed by atoms with E-state index in [2.05, 4.69) is 88.1 Å². The molecule has 2 aliphatic carbocycles. The smallest absolute Gasteiger partial charge is 0.246 e. The molecule has 5 nitrogen and oxygen atoms in total. The van der Waals surface area contributed by atoms with Gasteiger partial charge >= 0.3 is 0 Å². The van der Waals surface area contributed by atoms with E-state index in [1.807, 2.05) is 17.5 Å². The van der Waals surface area contributed by atoms with Gasteiger partial charge in [-0.1, -0.05) is 56.3 Å². The van der Waals surface area contributed by atoms with Crippen molar-refractivity contribution in [1.82, 2.24) is 9.80 Å². The van der Waals surface area contributed by atoms with Crippen molar-refractivity contribution in [3.8, 4) is 5.75 Å². The van der Waals surface area contributed by atoms with Gasteiger partial charge in [-0.3, -0.25) is 9.69 Å². The van der Waals surface area contributed by atoms with Crippen molar-refractivity contribution in [2.75, 3.05) is 19.6 Å². The summed E-state index contributed by atoms with van der Waals surface area (Å²) in [6.45, 7) is 6.85. The van der Waals surface area contributed by atoms with Crippen LogP contribution in [0, 0.1) is 5.92 Å². The van der Waals surface area contributed by atoms with E-state index in [0.717, 1.165) is 53.9 Å². The fourth-order valence-electron chi connectivity index (χ4n) is 8.53. The molecule has 220 valence electrons. The summed E-state index contributed by atoms with van der Waals surface area (Å²) in [6, 6.07) is 19.1. The van der Waals surface area contributed by atoms with Gasteiger partial charge in [-0.15, -0.1) is 11.3 Å². The SMILES string of the molecule is CC(C)CN(C(=O)/C=C/c1cc(Br)cs1)[C@@H]1CC[C@@]2(O)[C@H]3Cc4cccc5c4[C@@]2(CCN3CCc2ccccc2)[C@H]1O5. The van der Waals surface area contributed by atoms with Crippen LogP contribution in [0.5, 0.6) is 5.75 Å². The fraction of sp³-hybridized carbons (Fsp3) is 0.457. The molecule has 4 aliphatic rings. The average Bonchev–Trinajstić information content (AvgIpc) is 3.55. The molecule has 7 rings (SSSR count). The number of rotatable bonds is 8. The lowest BCUT2D eigenvalue weighted by Gasteiger charge is -2.65. The van der Waals surface area contributed by atoms with Crippen LogP contribution in [0.15, 0.2) is 70.5 Å². The number of piperidine rings is 1. The first-order valence-electron chi connectivity index (χ1n) is 15.3. The van der Waals surface area contributed by atoms with E-state index in [9.17, 15) is 9.90 Å². The normalized spacial score (nSPS) is 29.5. The van der Waals surface area contributed by atoms with Crippen LogP contribution in [0.1, 0.15) is 54.7 Å². The molecule has 3 aromatic rings. The average molecular weight is 648 g/mol. The highest BCUT2D eigenvalue weighted by Gasteiger charge is 2.73. The van der Waals surface area contributed by atoms with Crippen molar-refractivity contribution in [2.24, 2.45) is 5.92 Å². The van der Waals surface area contributed by atoms with E-state index in [1.165, 1.54) is 16.7 Å². The summed E-state index contributed by atoms with van der Waals surface area (Å²) in [7, 11) is 0. The van der Waals surface area contributed by atoms with E-state index >= 15 is 0 Å². The minimum Gasteiger partial charge on any atom is -0.487 e. The van der Waals surface area contributed by atoms with Gasteiger partial charge in [0.2, 0.25) is 5.91 Å². The van der Waals surface area contributed by atoms with E-state index in [0.29, 0.717) is 18.9 Å². The lowest BCUT2D eigenvalue weighted by Crippen LogP contribution is -2.78. The molecule has 2 aliphatic heterocycles. The van der Waals surface area contributed by atoms with Crippen LogP contribution in [0.2, 0.25) is 0 Å². The third kappa shape index (κ3) is 4.50. The monoisotopic (exact) mass is 646 g/mol. The fourth-order valence-corrected chi connectivity index (χ4v) is 9.86. The van der Waals surface area contributed by atoms with Crippen molar-refractivity contribution < 1.29 is 14.6 Å². The summed E-state index contributed by atoms with van der Waals surface area (Å²) in [5.74, 6) is 1.25. The van der Waals surface area contributed by atoms with Gasteiger partial charge in [0.25, 0.3) is 0 Å². The standard InChI is InChI=1S/C35H39BrN2O3S/c1-23(2)21-38(31(39)12-11-27-20-26(36)22-42-27)28-13-15-35(40)30-19-25-9-6-10-29-32(25)34(35,33(28)41-29)16-18-37(30)17-14-24-7-4-3-5-8-24/h3-12,20,22-23,28,30,33,40H,13-19,21H2,1-2H3/b12-11+/t28-,30-,33+,34+,35-/m1/s1. The molecule has 1 saturated carbocycles. The zero-order valence-corrected chi connectivity index (χ0v) is 26.7. The maximum absolute atomic E-state index is 13.9. The Kier molecular flexibility index (Phi) is 7.37. The molecular formula is C35H39BrN2O3S. The third-order valence-corrected chi connectivity index (χ3v) is 11.9. The van der Waals surface area contributed by atoms with Gasteiger partial charge in [0, 0.05) is 45.5 Å². The number of amides is 1. The molecular weight excluding hydrogens is 608 g/mol. The lowest BCUT2D eigenvalue weighted by molar-refractivity contribution is -0.201. The van der Waals surface area contributed by atoms with Crippen LogP contribution in [0.4, 0.5) is 0 Å². The van der Waals surface area contributed by atoms with E-state index in [4.69, 9.17) is 4.74 Å². The molecule has 2 fully saturated rings. The van der Waals surface area contributed by atoms with E-state index in [1.54, 1.807) is 17.4 Å². The highest BCUT2D eigenvalue weighted by Crippen LogP contribution is 2.64. The predicted octanol–water partition coefficient (Wildman–Crippen LogP) is 6.47. The first kappa shape index (κ1) is 28.3. The highest BCUT2D eigenvalue weighted by atomic mass is 79.9. The maximum atomic E-state index is 13.9. The summed E-state index contributed by atoms with van der Waals surface area (Å²) in [5, 5.41) is 14.9. The minimum atomic E-state index is -0.895. The van der Waals surface area contributed by atoms with Crippen LogP contribution in [-0.4, -0.2) is 64.2 Å². The highest BCUT2D eigenvalue weighted by molar-refractivity contribution is 9.10. The molecule has 1 saturated heterocycles. The van der Waals surface area contributed by atoms with E-state index in [-0.39, 0.29) is 24.1 Å². The molecule has 1 amide bonds. The van der Waals surface area contributed by atoms with Gasteiger partial charge in [-0.25, -0.2) is 0 Å². The number of carbonyl (C=O) groups is 1. The Balaban J connectivity index is 1.23. The lowest BCUT2D eigenvalue weighted by atomic mass is 9.48. The van der Waals surface area contributed by atoms with Crippen LogP contribution < -0.4 is 4.74 Å². The zero-order valence-electron chi connectivity index (χ0n) is 24.3. The first-order chi connectivity index (χ1) is 20.3. The van der Waals surface area contributed by atoms with Crippen molar-refractivity contribution in [1.29, 1.82) is 0 Å². The van der Waals surface area contributed by atoms with Crippen molar-refractivity contribution >= 4 is 39.2 Å². The van der Waals surface area contributed by atoms with Crippen molar-refractivity contribution in [3.63, 3.8) is 0 Å². The number of halogens is 1. The molecule has 0 unspecified atom stereocenters. The van der Waals surface area contributed by atoms with Crippen LogP contribution >= 0.6 is 27.3 Å². The molecule has 2 bridgehead atoms. The van der Waals surface area contributed by atoms with Crippen LogP contribution in [-0.2, 0) is 23.1 Å². The first-order valence-corrected chi connectivity index (χ1v) is 17.0. The summed E-state index contributed by atoms with van der Waals surface area (Å²) in [5.41, 5.74) is 2.46. The third-order valence-electron chi connectivity index (χ3n) is 10.2. The Hall–Kier alpha value is -2.45. The van der Waals surface area contributed by atoms with Crippen molar-refractivity contribution in [2.45, 2.75) is 75.2 Å². The Labute approximate surface area is 261 Å². The molecule has 2 aromatic carbocycles. The van der Waals surface area contributed by atoms with Gasteiger partial charge in [-0.05, 0) is 89.8 Å². The maximum Gasteiger partial charge on any atom is 0.246 e. The second-order valence-corrected chi connectivity index (χ2v) is 14.8. The Morgan fingerprint density at radius 2 is 2.05 bits per heavy atom. The molecule has 7 heteroatoms. The Morgan fingerprint density at radius 3 is 2.81 bits per heavy atom. The summed E-state index contributed by atoms with van der Waals surface area (Å²) in [4.78, 5) is 19.6. The number of likely N-dealkylation sites (tertiary alicyclic amines) is 1. The number of aliphatic hydroxyl groups is 1. The molecule has 5 atom stereocenters. The number of hydrogen-bond donors (Lipinski definition) is 1. The predicted molar refractivity (Wildman–Crippen MR) is 172 cm³/mol. The summed E-state index contributed by atoms with van der Waals surface area (Å²) < 4.78 is 7.93. The van der Waals surface area contributed by atoms with Gasteiger partial charge in [0.15, 0.2) is 0 Å². The molecule has 1 N–H and O–H groups in total. The second kappa shape index (κ2) is 10.9. The van der Waals surface area contributed by atoms with Gasteiger partial charge in [-0.2, -0.15) is 0 Å². The topological polar surface area (TPSA) is 53.0 Å². The number of hydrogen-bond acceptors (Lipinski definition) is 5.